The van der Waals surface area contributed by atoms with Crippen molar-refractivity contribution in [3.63, 3.8) is 0 Å². The Kier molecular flexibility index (Phi) is 4.05. The van der Waals surface area contributed by atoms with Crippen LogP contribution in [-0.2, 0) is 4.74 Å². The van der Waals surface area contributed by atoms with Crippen molar-refractivity contribution in [2.45, 2.75) is 25.6 Å². The summed E-state index contributed by atoms with van der Waals surface area (Å²) in [5, 5.41) is 0.700. The second kappa shape index (κ2) is 6.49. The quantitative estimate of drug-likeness (QED) is 0.790. The first kappa shape index (κ1) is 15.0. The number of aromatic nitrogens is 1. The van der Waals surface area contributed by atoms with Gasteiger partial charge in [0, 0.05) is 29.6 Å². The monoisotopic (exact) mass is 321 g/mol. The third-order valence-corrected chi connectivity index (χ3v) is 4.36. The summed E-state index contributed by atoms with van der Waals surface area (Å²) in [5.41, 5.74) is 2.93. The molecule has 0 amide bonds. The summed E-state index contributed by atoms with van der Waals surface area (Å²) in [7, 11) is 0. The molecule has 0 bridgehead atoms. The maximum atomic E-state index is 12.0. The molecule has 0 radical (unpaired) electrons. The highest BCUT2D eigenvalue weighted by Gasteiger charge is 2.15. The molecule has 0 saturated carbocycles. The largest absolute Gasteiger partial charge is 0.465 e. The van der Waals surface area contributed by atoms with Gasteiger partial charge in [0.05, 0.1) is 12.1 Å². The molecule has 4 nitrogen and oxygen atoms in total. The third kappa shape index (κ3) is 2.93. The predicted octanol–water partition coefficient (Wildman–Crippen LogP) is 4.10. The van der Waals surface area contributed by atoms with Gasteiger partial charge in [-0.1, -0.05) is 24.3 Å². The smallest absolute Gasteiger partial charge is 0.199 e. The number of para-hydroxylation sites is 1. The summed E-state index contributed by atoms with van der Waals surface area (Å²) in [6.45, 7) is 0.770. The molecule has 4 rings (SSSR count). The first-order chi connectivity index (χ1) is 11.8. The van der Waals surface area contributed by atoms with Gasteiger partial charge in [0.1, 0.15) is 5.75 Å². The molecule has 0 spiro atoms. The minimum atomic E-state index is -0.140. The van der Waals surface area contributed by atoms with Crippen LogP contribution < -0.4 is 10.2 Å². The zero-order valence-corrected chi connectivity index (χ0v) is 13.3. The Balaban J connectivity index is 1.63. The van der Waals surface area contributed by atoms with Gasteiger partial charge in [-0.25, -0.2) is 0 Å². The highest BCUT2D eigenvalue weighted by Crippen LogP contribution is 2.28. The lowest BCUT2D eigenvalue weighted by Crippen LogP contribution is -2.24. The Labute approximate surface area is 140 Å². The molecule has 1 N–H and O–H groups in total. The van der Waals surface area contributed by atoms with E-state index in [1.165, 1.54) is 0 Å². The van der Waals surface area contributed by atoms with E-state index in [1.54, 1.807) is 12.3 Å². The second-order valence-corrected chi connectivity index (χ2v) is 6.01. The first-order valence-corrected chi connectivity index (χ1v) is 8.30. The molecule has 1 fully saturated rings. The van der Waals surface area contributed by atoms with Crippen LogP contribution in [0.25, 0.3) is 22.0 Å². The second-order valence-electron chi connectivity index (χ2n) is 6.01. The number of H-pyrrole nitrogens is 1. The summed E-state index contributed by atoms with van der Waals surface area (Å²) in [4.78, 5) is 15.2. The zero-order chi connectivity index (χ0) is 16.4. The molecule has 1 unspecified atom stereocenters. The number of rotatable bonds is 3. The Morgan fingerprint density at radius 2 is 1.92 bits per heavy atom. The van der Waals surface area contributed by atoms with Crippen molar-refractivity contribution in [3.8, 4) is 16.9 Å². The molecular formula is C20H19NO3. The van der Waals surface area contributed by atoms with Gasteiger partial charge in [-0.2, -0.15) is 0 Å². The molecular weight excluding hydrogens is 302 g/mol. The Hall–Kier alpha value is -2.59. The SMILES string of the molecule is O=c1cc[nH]c2c(-c3ccc(OC4CCCCO4)cc3)cccc12. The van der Waals surface area contributed by atoms with Gasteiger partial charge >= 0.3 is 0 Å². The minimum absolute atomic E-state index is 0.0278. The third-order valence-electron chi connectivity index (χ3n) is 4.36. The molecule has 3 aromatic rings. The van der Waals surface area contributed by atoms with E-state index < -0.39 is 0 Å². The number of hydrogen-bond acceptors (Lipinski definition) is 3. The van der Waals surface area contributed by atoms with Crippen molar-refractivity contribution >= 4 is 10.9 Å². The summed E-state index contributed by atoms with van der Waals surface area (Å²) in [5.74, 6) is 0.805. The van der Waals surface area contributed by atoms with Gasteiger partial charge in [0.2, 0.25) is 0 Å². The van der Waals surface area contributed by atoms with Crippen LogP contribution in [0.1, 0.15) is 19.3 Å². The zero-order valence-electron chi connectivity index (χ0n) is 13.3. The summed E-state index contributed by atoms with van der Waals surface area (Å²) in [6.07, 6.45) is 4.74. The average Bonchev–Trinajstić information content (AvgIpc) is 2.63. The number of ether oxygens (including phenoxy) is 2. The van der Waals surface area contributed by atoms with Crippen molar-refractivity contribution < 1.29 is 9.47 Å². The normalized spacial score (nSPS) is 17.8. The molecule has 4 heteroatoms. The molecule has 1 aliphatic rings. The van der Waals surface area contributed by atoms with Crippen molar-refractivity contribution in [2.75, 3.05) is 6.61 Å². The van der Waals surface area contributed by atoms with E-state index in [-0.39, 0.29) is 11.7 Å². The van der Waals surface area contributed by atoms with E-state index in [1.807, 2.05) is 42.5 Å². The van der Waals surface area contributed by atoms with Crippen LogP contribution in [0.15, 0.2) is 59.5 Å². The highest BCUT2D eigenvalue weighted by molar-refractivity contribution is 5.93. The lowest BCUT2D eigenvalue weighted by Gasteiger charge is -2.23. The van der Waals surface area contributed by atoms with Crippen LogP contribution in [0, 0.1) is 0 Å². The van der Waals surface area contributed by atoms with Crippen molar-refractivity contribution in [2.24, 2.45) is 0 Å². The predicted molar refractivity (Wildman–Crippen MR) is 94.2 cm³/mol. The molecule has 1 saturated heterocycles. The van der Waals surface area contributed by atoms with Gasteiger partial charge in [-0.3, -0.25) is 4.79 Å². The van der Waals surface area contributed by atoms with Crippen LogP contribution in [0.4, 0.5) is 0 Å². The lowest BCUT2D eigenvalue weighted by molar-refractivity contribution is -0.105. The summed E-state index contributed by atoms with van der Waals surface area (Å²) >= 11 is 0. The van der Waals surface area contributed by atoms with Gasteiger partial charge < -0.3 is 14.5 Å². The maximum absolute atomic E-state index is 12.0. The van der Waals surface area contributed by atoms with Crippen LogP contribution >= 0.6 is 0 Å². The topological polar surface area (TPSA) is 51.3 Å². The fourth-order valence-corrected chi connectivity index (χ4v) is 3.11. The number of nitrogens with one attached hydrogen (secondary N) is 1. The number of aromatic amines is 1. The Bertz CT molecular complexity index is 893. The van der Waals surface area contributed by atoms with Crippen molar-refractivity contribution in [3.05, 3.63) is 65.0 Å². The van der Waals surface area contributed by atoms with Crippen LogP contribution in [0.3, 0.4) is 0 Å². The van der Waals surface area contributed by atoms with Crippen LogP contribution in [0.5, 0.6) is 5.75 Å². The van der Waals surface area contributed by atoms with E-state index in [0.717, 1.165) is 48.3 Å². The van der Waals surface area contributed by atoms with Gasteiger partial charge in [-0.05, 0) is 36.6 Å². The fourth-order valence-electron chi connectivity index (χ4n) is 3.11. The summed E-state index contributed by atoms with van der Waals surface area (Å²) < 4.78 is 11.5. The standard InChI is InChI=1S/C20H19NO3/c22-18-11-12-21-20-16(4-3-5-17(18)20)14-7-9-15(10-8-14)24-19-6-1-2-13-23-19/h3-5,7-12,19H,1-2,6,13H2,(H,21,22). The number of hydrogen-bond donors (Lipinski definition) is 1. The highest BCUT2D eigenvalue weighted by atomic mass is 16.7. The number of pyridine rings is 1. The first-order valence-electron chi connectivity index (χ1n) is 8.30. The number of fused-ring (bicyclic) bond motifs is 1. The lowest BCUT2D eigenvalue weighted by atomic mass is 10.0. The molecule has 122 valence electrons. The molecule has 24 heavy (non-hydrogen) atoms. The summed E-state index contributed by atoms with van der Waals surface area (Å²) in [6, 6.07) is 15.2. The minimum Gasteiger partial charge on any atom is -0.465 e. The van der Waals surface area contributed by atoms with Crippen molar-refractivity contribution in [1.29, 1.82) is 0 Å². The van der Waals surface area contributed by atoms with Gasteiger partial charge in [-0.15, -0.1) is 0 Å². The van der Waals surface area contributed by atoms with Crippen molar-refractivity contribution in [1.82, 2.24) is 4.98 Å². The number of benzene rings is 2. The Morgan fingerprint density at radius 3 is 2.71 bits per heavy atom. The molecule has 1 aromatic heterocycles. The van der Waals surface area contributed by atoms with E-state index >= 15 is 0 Å². The molecule has 0 aliphatic carbocycles. The molecule has 1 atom stereocenters. The average molecular weight is 321 g/mol. The van der Waals surface area contributed by atoms with E-state index in [4.69, 9.17) is 9.47 Å². The molecule has 2 heterocycles. The van der Waals surface area contributed by atoms with Gasteiger partial charge in [0.15, 0.2) is 11.7 Å². The molecule has 1 aliphatic heterocycles. The van der Waals surface area contributed by atoms with Crippen LogP contribution in [0.2, 0.25) is 0 Å². The van der Waals surface area contributed by atoms with E-state index in [9.17, 15) is 4.79 Å². The van der Waals surface area contributed by atoms with E-state index in [0.29, 0.717) is 5.39 Å². The van der Waals surface area contributed by atoms with Gasteiger partial charge in [0.25, 0.3) is 0 Å². The molecule has 2 aromatic carbocycles. The van der Waals surface area contributed by atoms with Crippen LogP contribution in [-0.4, -0.2) is 17.9 Å². The van der Waals surface area contributed by atoms with E-state index in [2.05, 4.69) is 4.98 Å². The Morgan fingerprint density at radius 1 is 1.04 bits per heavy atom. The fraction of sp³-hybridized carbons (Fsp3) is 0.250. The maximum Gasteiger partial charge on any atom is 0.199 e.